The molecular formula is C15H22FN7O. The van der Waals surface area contributed by atoms with E-state index in [1.807, 2.05) is 13.8 Å². The number of rotatable bonds is 5. The maximum absolute atomic E-state index is 13.3. The number of halogens is 1. The SMILES string of the molecule is CCn1nc(C)cc1C(=O)N(C)Cc1nc([C@H]2C[C@H](F)CN2)n[nH]1. The van der Waals surface area contributed by atoms with Gasteiger partial charge in [-0.25, -0.2) is 9.37 Å². The Labute approximate surface area is 139 Å². The summed E-state index contributed by atoms with van der Waals surface area (Å²) in [6.07, 6.45) is -0.486. The van der Waals surface area contributed by atoms with Gasteiger partial charge >= 0.3 is 0 Å². The van der Waals surface area contributed by atoms with Crippen LogP contribution < -0.4 is 5.32 Å². The molecule has 0 spiro atoms. The fraction of sp³-hybridized carbons (Fsp3) is 0.600. The smallest absolute Gasteiger partial charge is 0.272 e. The van der Waals surface area contributed by atoms with E-state index in [1.54, 1.807) is 22.7 Å². The molecule has 3 rings (SSSR count). The lowest BCUT2D eigenvalue weighted by atomic mass is 10.2. The Morgan fingerprint density at radius 1 is 1.54 bits per heavy atom. The molecule has 2 atom stereocenters. The highest BCUT2D eigenvalue weighted by Gasteiger charge is 2.28. The summed E-state index contributed by atoms with van der Waals surface area (Å²) in [4.78, 5) is 18.5. The molecule has 24 heavy (non-hydrogen) atoms. The van der Waals surface area contributed by atoms with Crippen LogP contribution >= 0.6 is 0 Å². The van der Waals surface area contributed by atoms with E-state index in [-0.39, 0.29) is 11.9 Å². The minimum atomic E-state index is -0.862. The number of aromatic amines is 1. The first-order valence-corrected chi connectivity index (χ1v) is 8.06. The number of amides is 1. The van der Waals surface area contributed by atoms with Crippen molar-refractivity contribution in [3.63, 3.8) is 0 Å². The molecule has 0 bridgehead atoms. The van der Waals surface area contributed by atoms with E-state index in [0.29, 0.717) is 43.4 Å². The number of aryl methyl sites for hydroxylation is 2. The minimum absolute atomic E-state index is 0.127. The highest BCUT2D eigenvalue weighted by molar-refractivity contribution is 5.92. The topological polar surface area (TPSA) is 91.7 Å². The van der Waals surface area contributed by atoms with Crippen LogP contribution in [0.25, 0.3) is 0 Å². The van der Waals surface area contributed by atoms with Crippen LogP contribution in [0.3, 0.4) is 0 Å². The zero-order chi connectivity index (χ0) is 17.3. The summed E-state index contributed by atoms with van der Waals surface area (Å²) in [5, 5.41) is 14.3. The first-order chi connectivity index (χ1) is 11.5. The molecular weight excluding hydrogens is 313 g/mol. The largest absolute Gasteiger partial charge is 0.333 e. The predicted octanol–water partition coefficient (Wildman–Crippen LogP) is 0.974. The molecule has 3 heterocycles. The lowest BCUT2D eigenvalue weighted by Gasteiger charge is -2.15. The number of carbonyl (C=O) groups is 1. The molecule has 0 aliphatic carbocycles. The summed E-state index contributed by atoms with van der Waals surface area (Å²) in [6.45, 7) is 5.06. The molecule has 2 aromatic heterocycles. The van der Waals surface area contributed by atoms with Crippen molar-refractivity contribution < 1.29 is 9.18 Å². The number of hydrogen-bond acceptors (Lipinski definition) is 5. The molecule has 1 amide bonds. The zero-order valence-corrected chi connectivity index (χ0v) is 14.1. The number of nitrogens with zero attached hydrogens (tertiary/aromatic N) is 5. The van der Waals surface area contributed by atoms with Gasteiger partial charge in [-0.2, -0.15) is 10.2 Å². The fourth-order valence-electron chi connectivity index (χ4n) is 2.88. The molecule has 0 saturated carbocycles. The van der Waals surface area contributed by atoms with Crippen LogP contribution in [0.2, 0.25) is 0 Å². The van der Waals surface area contributed by atoms with Gasteiger partial charge in [0.15, 0.2) is 5.82 Å². The van der Waals surface area contributed by atoms with Crippen molar-refractivity contribution in [2.24, 2.45) is 0 Å². The summed E-state index contributed by atoms with van der Waals surface area (Å²) in [6, 6.07) is 1.60. The minimum Gasteiger partial charge on any atom is -0.333 e. The maximum Gasteiger partial charge on any atom is 0.272 e. The summed E-state index contributed by atoms with van der Waals surface area (Å²) < 4.78 is 14.9. The van der Waals surface area contributed by atoms with Gasteiger partial charge in [-0.15, -0.1) is 0 Å². The Morgan fingerprint density at radius 3 is 3.00 bits per heavy atom. The van der Waals surface area contributed by atoms with Gasteiger partial charge in [-0.1, -0.05) is 0 Å². The van der Waals surface area contributed by atoms with Gasteiger partial charge in [0.2, 0.25) is 0 Å². The number of hydrogen-bond donors (Lipinski definition) is 2. The molecule has 2 N–H and O–H groups in total. The van der Waals surface area contributed by atoms with Gasteiger partial charge in [0.25, 0.3) is 5.91 Å². The lowest BCUT2D eigenvalue weighted by molar-refractivity contribution is 0.0769. The predicted molar refractivity (Wildman–Crippen MR) is 85.1 cm³/mol. The van der Waals surface area contributed by atoms with E-state index in [9.17, 15) is 9.18 Å². The van der Waals surface area contributed by atoms with Crippen LogP contribution in [0.5, 0.6) is 0 Å². The van der Waals surface area contributed by atoms with E-state index in [0.717, 1.165) is 5.69 Å². The van der Waals surface area contributed by atoms with E-state index in [4.69, 9.17) is 0 Å². The summed E-state index contributed by atoms with van der Waals surface area (Å²) >= 11 is 0. The molecule has 0 unspecified atom stereocenters. The van der Waals surface area contributed by atoms with Gasteiger partial charge in [-0.05, 0) is 19.9 Å². The Balaban J connectivity index is 1.67. The zero-order valence-electron chi connectivity index (χ0n) is 14.1. The maximum atomic E-state index is 13.3. The summed E-state index contributed by atoms with van der Waals surface area (Å²) in [5.41, 5.74) is 1.36. The van der Waals surface area contributed by atoms with Gasteiger partial charge < -0.3 is 10.2 Å². The quantitative estimate of drug-likeness (QED) is 0.850. The van der Waals surface area contributed by atoms with E-state index < -0.39 is 6.17 Å². The molecule has 9 heteroatoms. The Bertz CT molecular complexity index is 725. The van der Waals surface area contributed by atoms with Crippen molar-refractivity contribution in [3.05, 3.63) is 29.1 Å². The number of alkyl halides is 1. The van der Waals surface area contributed by atoms with Gasteiger partial charge in [0, 0.05) is 26.6 Å². The normalized spacial score (nSPS) is 20.5. The summed E-state index contributed by atoms with van der Waals surface area (Å²) in [5.74, 6) is 0.989. The third-order valence-corrected chi connectivity index (χ3v) is 4.09. The second kappa shape index (κ2) is 6.68. The second-order valence-electron chi connectivity index (χ2n) is 6.08. The molecule has 1 aliphatic rings. The standard InChI is InChI=1S/C15H22FN7O/c1-4-23-12(5-9(2)21-23)15(24)22(3)8-13-18-14(20-19-13)11-6-10(16)7-17-11/h5,10-11,17H,4,6-8H2,1-3H3,(H,18,19,20)/t10-,11+/m0/s1. The lowest BCUT2D eigenvalue weighted by Crippen LogP contribution is -2.29. The number of H-pyrrole nitrogens is 1. The molecule has 0 aromatic carbocycles. The van der Waals surface area contributed by atoms with Gasteiger partial charge in [0.05, 0.1) is 18.3 Å². The van der Waals surface area contributed by atoms with Crippen molar-refractivity contribution in [2.75, 3.05) is 13.6 Å². The molecule has 1 fully saturated rings. The highest BCUT2D eigenvalue weighted by Crippen LogP contribution is 2.22. The van der Waals surface area contributed by atoms with E-state index >= 15 is 0 Å². The van der Waals surface area contributed by atoms with Crippen molar-refractivity contribution in [1.29, 1.82) is 0 Å². The number of aromatic nitrogens is 5. The average Bonchev–Trinajstić information content (AvgIpc) is 3.26. The Kier molecular flexibility index (Phi) is 4.61. The van der Waals surface area contributed by atoms with Crippen molar-refractivity contribution in [2.45, 2.75) is 45.6 Å². The van der Waals surface area contributed by atoms with Crippen LogP contribution in [0, 0.1) is 6.92 Å². The second-order valence-corrected chi connectivity index (χ2v) is 6.08. The van der Waals surface area contributed by atoms with Crippen molar-refractivity contribution in [1.82, 2.24) is 35.2 Å². The fourth-order valence-corrected chi connectivity index (χ4v) is 2.88. The van der Waals surface area contributed by atoms with E-state index in [2.05, 4.69) is 25.6 Å². The van der Waals surface area contributed by atoms with Crippen LogP contribution in [0.15, 0.2) is 6.07 Å². The van der Waals surface area contributed by atoms with Crippen molar-refractivity contribution in [3.8, 4) is 0 Å². The van der Waals surface area contributed by atoms with Crippen LogP contribution in [0.4, 0.5) is 4.39 Å². The third kappa shape index (κ3) is 3.30. The van der Waals surface area contributed by atoms with Gasteiger partial charge in [-0.3, -0.25) is 14.6 Å². The Morgan fingerprint density at radius 2 is 2.33 bits per heavy atom. The average molecular weight is 335 g/mol. The highest BCUT2D eigenvalue weighted by atomic mass is 19.1. The van der Waals surface area contributed by atoms with Crippen LogP contribution in [0.1, 0.15) is 47.2 Å². The molecule has 1 aliphatic heterocycles. The number of nitrogens with one attached hydrogen (secondary N) is 2. The summed E-state index contributed by atoms with van der Waals surface area (Å²) in [7, 11) is 1.71. The molecule has 0 radical (unpaired) electrons. The molecule has 130 valence electrons. The Hall–Kier alpha value is -2.29. The van der Waals surface area contributed by atoms with Crippen LogP contribution in [-0.2, 0) is 13.1 Å². The monoisotopic (exact) mass is 335 g/mol. The van der Waals surface area contributed by atoms with Gasteiger partial charge in [0.1, 0.15) is 17.7 Å². The third-order valence-electron chi connectivity index (χ3n) is 4.09. The molecule has 1 saturated heterocycles. The molecule has 8 nitrogen and oxygen atoms in total. The first-order valence-electron chi connectivity index (χ1n) is 8.06. The van der Waals surface area contributed by atoms with Crippen LogP contribution in [-0.4, -0.2) is 55.5 Å². The first kappa shape index (κ1) is 16.6. The molecule has 2 aromatic rings. The van der Waals surface area contributed by atoms with E-state index in [1.165, 1.54) is 0 Å². The van der Waals surface area contributed by atoms with Crippen molar-refractivity contribution >= 4 is 5.91 Å². The number of carbonyl (C=O) groups excluding carboxylic acids is 1.